The zero-order chi connectivity index (χ0) is 11.4. The number of amides is 1. The second-order valence-corrected chi connectivity index (χ2v) is 3.11. The van der Waals surface area contributed by atoms with Gasteiger partial charge in [-0.2, -0.15) is 0 Å². The Morgan fingerprint density at radius 3 is 2.73 bits per heavy atom. The van der Waals surface area contributed by atoms with Crippen LogP contribution in [0, 0.1) is 6.92 Å². The van der Waals surface area contributed by atoms with Gasteiger partial charge in [-0.25, -0.2) is 4.79 Å². The highest BCUT2D eigenvalue weighted by molar-refractivity contribution is 5.94. The van der Waals surface area contributed by atoms with E-state index in [4.69, 9.17) is 9.63 Å². The van der Waals surface area contributed by atoms with Crippen LogP contribution in [0.4, 0.5) is 0 Å². The molecule has 1 aromatic rings. The van der Waals surface area contributed by atoms with Gasteiger partial charge in [0.15, 0.2) is 0 Å². The third-order valence-corrected chi connectivity index (χ3v) is 1.86. The first-order valence-electron chi connectivity index (χ1n) is 4.51. The normalized spacial score (nSPS) is 12.1. The predicted molar refractivity (Wildman–Crippen MR) is 50.4 cm³/mol. The van der Waals surface area contributed by atoms with Crippen LogP contribution in [0.15, 0.2) is 10.6 Å². The molecule has 0 aliphatic carbocycles. The molecule has 15 heavy (non-hydrogen) atoms. The Morgan fingerprint density at radius 2 is 2.33 bits per heavy atom. The molecule has 1 aromatic heterocycles. The lowest BCUT2D eigenvalue weighted by Crippen LogP contribution is -2.40. The second-order valence-electron chi connectivity index (χ2n) is 3.11. The molecule has 0 radical (unpaired) electrons. The Bertz CT molecular complexity index is 372. The molecule has 6 nitrogen and oxygen atoms in total. The summed E-state index contributed by atoms with van der Waals surface area (Å²) in [4.78, 5) is 22.1. The first kappa shape index (κ1) is 11.2. The van der Waals surface area contributed by atoms with E-state index in [0.29, 0.717) is 12.1 Å². The van der Waals surface area contributed by atoms with Gasteiger partial charge in [0.05, 0.1) is 5.69 Å². The zero-order valence-corrected chi connectivity index (χ0v) is 8.48. The molecule has 0 bridgehead atoms. The average molecular weight is 212 g/mol. The number of aryl methyl sites for hydroxylation is 1. The van der Waals surface area contributed by atoms with Crippen molar-refractivity contribution in [2.75, 3.05) is 0 Å². The van der Waals surface area contributed by atoms with Crippen LogP contribution in [-0.4, -0.2) is 28.2 Å². The number of rotatable bonds is 4. The van der Waals surface area contributed by atoms with Gasteiger partial charge in [-0.3, -0.25) is 4.79 Å². The molecule has 0 aliphatic heterocycles. The van der Waals surface area contributed by atoms with E-state index in [2.05, 4.69) is 10.5 Å². The van der Waals surface area contributed by atoms with Crippen LogP contribution in [0.1, 0.15) is 29.6 Å². The van der Waals surface area contributed by atoms with Crippen LogP contribution < -0.4 is 5.32 Å². The number of hydrogen-bond donors (Lipinski definition) is 2. The van der Waals surface area contributed by atoms with Crippen molar-refractivity contribution in [2.45, 2.75) is 26.3 Å². The fourth-order valence-corrected chi connectivity index (χ4v) is 1.04. The highest BCUT2D eigenvalue weighted by Crippen LogP contribution is 2.03. The van der Waals surface area contributed by atoms with Gasteiger partial charge in [0.2, 0.25) is 5.76 Å². The summed E-state index contributed by atoms with van der Waals surface area (Å²) in [7, 11) is 0. The number of aliphatic carboxylic acids is 1. The third-order valence-electron chi connectivity index (χ3n) is 1.86. The van der Waals surface area contributed by atoms with Crippen molar-refractivity contribution in [3.63, 3.8) is 0 Å². The Hall–Kier alpha value is -1.85. The van der Waals surface area contributed by atoms with Crippen molar-refractivity contribution in [2.24, 2.45) is 0 Å². The van der Waals surface area contributed by atoms with Crippen LogP contribution in [0.3, 0.4) is 0 Å². The summed E-state index contributed by atoms with van der Waals surface area (Å²) in [5.74, 6) is -1.61. The highest BCUT2D eigenvalue weighted by Gasteiger charge is 2.20. The van der Waals surface area contributed by atoms with Gasteiger partial charge in [0.1, 0.15) is 6.04 Å². The fraction of sp³-hybridized carbons (Fsp3) is 0.444. The molecule has 82 valence electrons. The van der Waals surface area contributed by atoms with Crippen LogP contribution in [0.25, 0.3) is 0 Å². The van der Waals surface area contributed by atoms with Crippen LogP contribution in [0.5, 0.6) is 0 Å². The third kappa shape index (κ3) is 2.80. The topological polar surface area (TPSA) is 92.4 Å². The minimum Gasteiger partial charge on any atom is -0.480 e. The van der Waals surface area contributed by atoms with Gasteiger partial charge < -0.3 is 14.9 Å². The standard InChI is InChI=1S/C9H12N2O4/c1-3-6(9(13)14)10-8(12)7-4-5(2)11-15-7/h4,6H,3H2,1-2H3,(H,10,12)(H,13,14)/t6-/m1/s1. The quantitative estimate of drug-likeness (QED) is 0.761. The van der Waals surface area contributed by atoms with Crippen molar-refractivity contribution in [1.82, 2.24) is 10.5 Å². The smallest absolute Gasteiger partial charge is 0.326 e. The Morgan fingerprint density at radius 1 is 1.67 bits per heavy atom. The summed E-state index contributed by atoms with van der Waals surface area (Å²) < 4.78 is 4.70. The van der Waals surface area contributed by atoms with Gasteiger partial charge in [-0.1, -0.05) is 12.1 Å². The lowest BCUT2D eigenvalue weighted by atomic mass is 10.2. The van der Waals surface area contributed by atoms with E-state index in [1.54, 1.807) is 13.8 Å². The number of nitrogens with zero attached hydrogens (tertiary/aromatic N) is 1. The minimum absolute atomic E-state index is 0.0206. The van der Waals surface area contributed by atoms with Crippen LogP contribution in [-0.2, 0) is 4.79 Å². The van der Waals surface area contributed by atoms with E-state index in [1.165, 1.54) is 6.07 Å². The first-order chi connectivity index (χ1) is 7.04. The fourth-order valence-electron chi connectivity index (χ4n) is 1.04. The lowest BCUT2D eigenvalue weighted by molar-refractivity contribution is -0.139. The van der Waals surface area contributed by atoms with Gasteiger partial charge in [0.25, 0.3) is 5.91 Å². The first-order valence-corrected chi connectivity index (χ1v) is 4.51. The van der Waals surface area contributed by atoms with E-state index >= 15 is 0 Å². The van der Waals surface area contributed by atoms with E-state index in [0.717, 1.165) is 0 Å². The van der Waals surface area contributed by atoms with E-state index in [9.17, 15) is 9.59 Å². The van der Waals surface area contributed by atoms with Gasteiger partial charge in [-0.15, -0.1) is 0 Å². The maximum Gasteiger partial charge on any atom is 0.326 e. The molecule has 0 saturated carbocycles. The Kier molecular flexibility index (Phi) is 3.43. The molecule has 0 saturated heterocycles. The van der Waals surface area contributed by atoms with Crippen molar-refractivity contribution < 1.29 is 19.2 Å². The van der Waals surface area contributed by atoms with Gasteiger partial charge >= 0.3 is 5.97 Å². The minimum atomic E-state index is -1.07. The summed E-state index contributed by atoms with van der Waals surface area (Å²) in [5, 5.41) is 14.6. The summed E-state index contributed by atoms with van der Waals surface area (Å²) in [6, 6.07) is 0.548. The molecular weight excluding hydrogens is 200 g/mol. The molecule has 0 aliphatic rings. The summed E-state index contributed by atoms with van der Waals surface area (Å²) in [6.45, 7) is 3.35. The Labute approximate surface area is 86.3 Å². The molecule has 1 atom stereocenters. The number of carboxylic acid groups (broad SMARTS) is 1. The number of carbonyl (C=O) groups excluding carboxylic acids is 1. The number of aromatic nitrogens is 1. The largest absolute Gasteiger partial charge is 0.480 e. The summed E-state index contributed by atoms with van der Waals surface area (Å²) in [5.41, 5.74) is 0.573. The summed E-state index contributed by atoms with van der Waals surface area (Å²) in [6.07, 6.45) is 0.314. The Balaban J connectivity index is 2.66. The van der Waals surface area contributed by atoms with Crippen molar-refractivity contribution in [3.05, 3.63) is 17.5 Å². The van der Waals surface area contributed by atoms with Crippen molar-refractivity contribution in [3.8, 4) is 0 Å². The second kappa shape index (κ2) is 4.59. The highest BCUT2D eigenvalue weighted by atomic mass is 16.5. The maximum absolute atomic E-state index is 11.4. The lowest BCUT2D eigenvalue weighted by Gasteiger charge is -2.09. The number of hydrogen-bond acceptors (Lipinski definition) is 4. The van der Waals surface area contributed by atoms with Gasteiger partial charge in [-0.05, 0) is 13.3 Å². The molecule has 2 N–H and O–H groups in total. The van der Waals surface area contributed by atoms with Crippen molar-refractivity contribution in [1.29, 1.82) is 0 Å². The number of carboxylic acids is 1. The molecule has 0 unspecified atom stereocenters. The number of nitrogens with one attached hydrogen (secondary N) is 1. The molecular formula is C9H12N2O4. The van der Waals surface area contributed by atoms with E-state index in [-0.39, 0.29) is 5.76 Å². The maximum atomic E-state index is 11.4. The molecule has 0 spiro atoms. The monoisotopic (exact) mass is 212 g/mol. The molecule has 1 heterocycles. The SMILES string of the molecule is CC[C@@H](NC(=O)c1cc(C)no1)C(=O)O. The zero-order valence-electron chi connectivity index (χ0n) is 8.48. The van der Waals surface area contributed by atoms with E-state index < -0.39 is 17.9 Å². The van der Waals surface area contributed by atoms with Crippen LogP contribution in [0.2, 0.25) is 0 Å². The average Bonchev–Trinajstić information content (AvgIpc) is 2.60. The molecule has 1 rings (SSSR count). The molecule has 1 amide bonds. The molecule has 6 heteroatoms. The van der Waals surface area contributed by atoms with Crippen LogP contribution >= 0.6 is 0 Å². The van der Waals surface area contributed by atoms with Gasteiger partial charge in [0, 0.05) is 6.07 Å². The summed E-state index contributed by atoms with van der Waals surface area (Å²) >= 11 is 0. The number of carbonyl (C=O) groups is 2. The van der Waals surface area contributed by atoms with Crippen molar-refractivity contribution >= 4 is 11.9 Å². The van der Waals surface area contributed by atoms with E-state index in [1.807, 2.05) is 0 Å². The molecule has 0 aromatic carbocycles. The molecule has 0 fully saturated rings. The predicted octanol–water partition coefficient (Wildman–Crippen LogP) is 0.576.